The molecule has 0 saturated heterocycles. The standard InChI is InChI=1S/3CH3.Al.FH/h3*1H3;;1H. The highest BCUT2D eigenvalue weighted by Gasteiger charge is 1.81. The first-order valence-electron chi connectivity index (χ1n) is 1.73. The molecule has 5 heavy (non-hydrogen) atoms. The first-order chi connectivity index (χ1) is 1.73. The van der Waals surface area contributed by atoms with Crippen LogP contribution >= 0.6 is 0 Å². The third kappa shape index (κ3) is 127. The van der Waals surface area contributed by atoms with Crippen molar-refractivity contribution >= 4 is 14.1 Å². The predicted octanol–water partition coefficient (Wildman–Crippen LogP) is 1.52. The monoisotopic (exact) mass is 92.1 g/mol. The molecule has 0 N–H and O–H groups in total. The molecule has 0 aliphatic rings. The molecule has 0 saturated carbocycles. The van der Waals surface area contributed by atoms with E-state index in [1.807, 2.05) is 0 Å². The summed E-state index contributed by atoms with van der Waals surface area (Å²) in [4.78, 5) is 0. The van der Waals surface area contributed by atoms with E-state index >= 15 is 0 Å². The summed E-state index contributed by atoms with van der Waals surface area (Å²) < 4.78 is 0. The Bertz CT molecular complexity index is 11.6. The molecule has 0 spiro atoms. The van der Waals surface area contributed by atoms with Gasteiger partial charge in [-0.1, -0.05) is 0 Å². The van der Waals surface area contributed by atoms with Gasteiger partial charge < -0.3 is 0 Å². The fourth-order valence-electron chi connectivity index (χ4n) is 0. The summed E-state index contributed by atoms with van der Waals surface area (Å²) in [5, 5.41) is 0. The van der Waals surface area contributed by atoms with Crippen LogP contribution in [0.3, 0.4) is 0 Å². The maximum atomic E-state index is 2.31. The Morgan fingerprint density at radius 3 is 1.00 bits per heavy atom. The summed E-state index contributed by atoms with van der Waals surface area (Å²) in [6.07, 6.45) is 0. The zero-order valence-corrected chi connectivity index (χ0v) is 5.14. The zero-order valence-electron chi connectivity index (χ0n) is 3.99. The van der Waals surface area contributed by atoms with Crippen LogP contribution < -0.4 is 0 Å². The first-order valence-corrected chi connectivity index (χ1v) is 5.20. The van der Waals surface area contributed by atoms with Crippen molar-refractivity contribution in [2.24, 2.45) is 0 Å². The summed E-state index contributed by atoms with van der Waals surface area (Å²) in [5.41, 5.74) is 0. The van der Waals surface area contributed by atoms with Gasteiger partial charge in [-0.05, 0) is 0 Å². The molecule has 0 aromatic rings. The molecule has 0 aromatic carbocycles. The topological polar surface area (TPSA) is 0 Å². The van der Waals surface area contributed by atoms with Crippen LogP contribution in [0.5, 0.6) is 0 Å². The Kier molecular flexibility index (Phi) is 8.10. The minimum absolute atomic E-state index is 0. The number of halogens is 1. The van der Waals surface area contributed by atoms with Crippen LogP contribution in [0.25, 0.3) is 0 Å². The maximum Gasteiger partial charge on any atom is 0.251 e. The fourth-order valence-corrected chi connectivity index (χ4v) is 0. The van der Waals surface area contributed by atoms with Gasteiger partial charge in [0.15, 0.2) is 0 Å². The van der Waals surface area contributed by atoms with Crippen LogP contribution in [0.1, 0.15) is 0 Å². The van der Waals surface area contributed by atoms with E-state index in [0.29, 0.717) is 0 Å². The number of rotatable bonds is 0. The summed E-state index contributed by atoms with van der Waals surface area (Å²) in [6, 6.07) is 0. The predicted molar refractivity (Wildman–Crippen MR) is 25.8 cm³/mol. The van der Waals surface area contributed by atoms with Crippen molar-refractivity contribution in [3.05, 3.63) is 0 Å². The fraction of sp³-hybridized carbons (Fsp3) is 1.00. The van der Waals surface area contributed by atoms with Gasteiger partial charge in [-0.3, -0.25) is 4.70 Å². The third-order valence-electron chi connectivity index (χ3n) is 0. The molecular formula is C3H10AlF. The van der Waals surface area contributed by atoms with Crippen molar-refractivity contribution < 1.29 is 4.70 Å². The van der Waals surface area contributed by atoms with Crippen molar-refractivity contribution in [3.8, 4) is 0 Å². The van der Waals surface area contributed by atoms with Crippen molar-refractivity contribution in [1.82, 2.24) is 0 Å². The number of hydrogen-bond acceptors (Lipinski definition) is 0. The Labute approximate surface area is 36.9 Å². The summed E-state index contributed by atoms with van der Waals surface area (Å²) in [7, 11) is 0. The lowest BCUT2D eigenvalue weighted by molar-refractivity contribution is 1.11. The Balaban J connectivity index is 0. The second kappa shape index (κ2) is 4.46. The highest BCUT2D eigenvalue weighted by atomic mass is 27.2. The normalized spacial score (nSPS) is 5.40. The van der Waals surface area contributed by atoms with E-state index in [1.165, 1.54) is 0 Å². The average molecular weight is 92.1 g/mol. The summed E-state index contributed by atoms with van der Waals surface area (Å²) in [6.45, 7) is 0. The molecule has 0 radical (unpaired) electrons. The quantitative estimate of drug-likeness (QED) is 0.397. The van der Waals surface area contributed by atoms with Gasteiger partial charge in [-0.2, -0.15) is 0 Å². The van der Waals surface area contributed by atoms with Gasteiger partial charge in [0.2, 0.25) is 0 Å². The van der Waals surface area contributed by atoms with Crippen molar-refractivity contribution in [2.75, 3.05) is 0 Å². The van der Waals surface area contributed by atoms with Crippen LogP contribution in [0.4, 0.5) is 4.70 Å². The van der Waals surface area contributed by atoms with E-state index in [-0.39, 0.29) is 18.9 Å². The number of hydrogen-bond donors (Lipinski definition) is 0. The lowest BCUT2D eigenvalue weighted by Crippen LogP contribution is -1.84. The molecule has 0 unspecified atom stereocenters. The van der Waals surface area contributed by atoms with Gasteiger partial charge >= 0.3 is 0 Å². The van der Waals surface area contributed by atoms with E-state index in [2.05, 4.69) is 17.4 Å². The van der Waals surface area contributed by atoms with Crippen LogP contribution in [0, 0.1) is 0 Å². The van der Waals surface area contributed by atoms with Crippen molar-refractivity contribution in [3.63, 3.8) is 0 Å². The molecular weight excluding hydrogens is 82.0 g/mol. The van der Waals surface area contributed by atoms with Gasteiger partial charge in [0, 0.05) is 0 Å². The average Bonchev–Trinajstić information content (AvgIpc) is 0.811. The minimum atomic E-state index is -0.139. The molecule has 0 atom stereocenters. The van der Waals surface area contributed by atoms with Crippen LogP contribution in [0.15, 0.2) is 0 Å². The van der Waals surface area contributed by atoms with E-state index < -0.39 is 0 Å². The van der Waals surface area contributed by atoms with Gasteiger partial charge in [-0.15, -0.1) is 17.4 Å². The van der Waals surface area contributed by atoms with Gasteiger partial charge in [0.05, 0.1) is 0 Å². The minimum Gasteiger partial charge on any atom is -0.269 e. The molecule has 0 rings (SSSR count). The van der Waals surface area contributed by atoms with Crippen LogP contribution in [-0.4, -0.2) is 14.1 Å². The highest BCUT2D eigenvalue weighted by molar-refractivity contribution is 6.54. The van der Waals surface area contributed by atoms with E-state index in [0.717, 1.165) is 0 Å². The lowest BCUT2D eigenvalue weighted by atomic mass is 11.8. The third-order valence-corrected chi connectivity index (χ3v) is 0. The molecule has 32 valence electrons. The molecule has 0 aromatic heterocycles. The molecule has 0 fully saturated rings. The first kappa shape index (κ1) is 9.07. The second-order valence-electron chi connectivity index (χ2n) is 1.73. The molecule has 0 nitrogen and oxygen atoms in total. The smallest absolute Gasteiger partial charge is 0.251 e. The Morgan fingerprint density at radius 1 is 1.00 bits per heavy atom. The van der Waals surface area contributed by atoms with Gasteiger partial charge in [-0.25, -0.2) is 0 Å². The van der Waals surface area contributed by atoms with E-state index in [1.54, 1.807) is 0 Å². The van der Waals surface area contributed by atoms with Gasteiger partial charge in [0.25, 0.3) is 14.1 Å². The Morgan fingerprint density at radius 2 is 1.00 bits per heavy atom. The molecule has 0 amide bonds. The highest BCUT2D eigenvalue weighted by Crippen LogP contribution is 1.68. The Hall–Kier alpha value is 0.462. The lowest BCUT2D eigenvalue weighted by Gasteiger charge is -1.67. The van der Waals surface area contributed by atoms with Crippen LogP contribution in [-0.2, 0) is 0 Å². The zero-order chi connectivity index (χ0) is 3.58. The maximum absolute atomic E-state index is 2.31. The second-order valence-corrected chi connectivity index (χ2v) is 5.20. The SMILES string of the molecule is F.[CH3][Al]([CH3])[CH3]. The van der Waals surface area contributed by atoms with Crippen LogP contribution in [0.2, 0.25) is 17.4 Å². The van der Waals surface area contributed by atoms with Crippen molar-refractivity contribution in [1.29, 1.82) is 0 Å². The molecule has 2 heteroatoms. The van der Waals surface area contributed by atoms with Gasteiger partial charge in [0.1, 0.15) is 0 Å². The largest absolute Gasteiger partial charge is 0.269 e. The summed E-state index contributed by atoms with van der Waals surface area (Å²) in [5.74, 6) is 6.92. The molecule has 0 aliphatic carbocycles. The van der Waals surface area contributed by atoms with E-state index in [4.69, 9.17) is 0 Å². The summed E-state index contributed by atoms with van der Waals surface area (Å²) >= 11 is -0.139. The molecule has 0 bridgehead atoms. The van der Waals surface area contributed by atoms with Crippen molar-refractivity contribution in [2.45, 2.75) is 17.4 Å². The molecule has 0 aliphatic heterocycles. The van der Waals surface area contributed by atoms with E-state index in [9.17, 15) is 0 Å². The molecule has 0 heterocycles.